The van der Waals surface area contributed by atoms with Crippen molar-refractivity contribution in [3.05, 3.63) is 30.3 Å². The molecule has 2 aromatic rings. The van der Waals surface area contributed by atoms with Gasteiger partial charge in [-0.25, -0.2) is 4.79 Å². The van der Waals surface area contributed by atoms with E-state index in [1.165, 1.54) is 0 Å². The summed E-state index contributed by atoms with van der Waals surface area (Å²) in [6.45, 7) is 0. The molecule has 1 aromatic heterocycles. The van der Waals surface area contributed by atoms with Crippen LogP contribution in [0.4, 0.5) is 0 Å². The summed E-state index contributed by atoms with van der Waals surface area (Å²) < 4.78 is 5.28. The number of aldehydes is 1. The molecule has 0 amide bonds. The zero-order valence-electron chi connectivity index (χ0n) is 11.3. The number of ether oxygens (including phenoxy) is 1. The molecule has 4 atom stereocenters. The van der Waals surface area contributed by atoms with Crippen LogP contribution in [-0.4, -0.2) is 62.1 Å². The molecule has 0 aliphatic carbocycles. The van der Waals surface area contributed by atoms with Crippen molar-refractivity contribution in [3.8, 4) is 5.88 Å². The lowest BCUT2D eigenvalue weighted by atomic mass is 10.0. The topological polar surface area (TPSA) is 140 Å². The first-order chi connectivity index (χ1) is 10.4. The van der Waals surface area contributed by atoms with Gasteiger partial charge in [0.05, 0.1) is 0 Å². The van der Waals surface area contributed by atoms with Crippen molar-refractivity contribution in [1.82, 2.24) is 4.98 Å². The van der Waals surface area contributed by atoms with Gasteiger partial charge < -0.3 is 34.9 Å². The molecule has 1 aromatic carbocycles. The van der Waals surface area contributed by atoms with Crippen LogP contribution in [0.2, 0.25) is 0 Å². The van der Waals surface area contributed by atoms with E-state index in [0.29, 0.717) is 5.52 Å². The maximum absolute atomic E-state index is 10.7. The van der Waals surface area contributed by atoms with Crippen molar-refractivity contribution in [1.29, 1.82) is 0 Å². The summed E-state index contributed by atoms with van der Waals surface area (Å²) in [5.74, 6) is -1.58. The first kappa shape index (κ1) is 16.0. The molecule has 5 N–H and O–H groups in total. The smallest absolute Gasteiger partial charge is 0.335 e. The molecule has 0 aliphatic heterocycles. The lowest BCUT2D eigenvalue weighted by Crippen LogP contribution is -2.51. The third-order valence-electron chi connectivity index (χ3n) is 3.16. The Morgan fingerprint density at radius 3 is 2.50 bits per heavy atom. The van der Waals surface area contributed by atoms with Crippen LogP contribution < -0.4 is 4.74 Å². The molecule has 0 bridgehead atoms. The monoisotopic (exact) mass is 309 g/mol. The number of nitrogens with one attached hydrogen (secondary N) is 1. The molecule has 0 radical (unpaired) electrons. The Morgan fingerprint density at radius 1 is 1.23 bits per heavy atom. The van der Waals surface area contributed by atoms with Crippen LogP contribution >= 0.6 is 0 Å². The van der Waals surface area contributed by atoms with E-state index in [1.807, 2.05) is 0 Å². The van der Waals surface area contributed by atoms with Gasteiger partial charge in [0.2, 0.25) is 0 Å². The second-order valence-electron chi connectivity index (χ2n) is 4.70. The van der Waals surface area contributed by atoms with Crippen molar-refractivity contribution in [2.75, 3.05) is 0 Å². The molecule has 2 rings (SSSR count). The highest BCUT2D eigenvalue weighted by Gasteiger charge is 2.37. The van der Waals surface area contributed by atoms with Gasteiger partial charge in [-0.05, 0) is 6.07 Å². The minimum absolute atomic E-state index is 0.0884. The zero-order chi connectivity index (χ0) is 16.3. The number of fused-ring (bicyclic) bond motifs is 1. The largest absolute Gasteiger partial charge is 0.479 e. The van der Waals surface area contributed by atoms with E-state index in [4.69, 9.17) is 9.84 Å². The summed E-state index contributed by atoms with van der Waals surface area (Å²) in [6.07, 6.45) is -7.56. The summed E-state index contributed by atoms with van der Waals surface area (Å²) in [6, 6.07) is 8.67. The fourth-order valence-electron chi connectivity index (χ4n) is 2.00. The molecular formula is C14H15NO7. The Bertz CT molecular complexity index is 635. The van der Waals surface area contributed by atoms with Gasteiger partial charge in [0, 0.05) is 17.0 Å². The third kappa shape index (κ3) is 3.25. The molecule has 8 nitrogen and oxygen atoms in total. The van der Waals surface area contributed by atoms with Gasteiger partial charge >= 0.3 is 5.97 Å². The molecular weight excluding hydrogens is 294 g/mol. The van der Waals surface area contributed by atoms with Crippen LogP contribution in [-0.2, 0) is 9.59 Å². The highest BCUT2D eigenvalue weighted by atomic mass is 16.5. The maximum Gasteiger partial charge on any atom is 0.335 e. The summed E-state index contributed by atoms with van der Waals surface area (Å²) in [7, 11) is 0. The van der Waals surface area contributed by atoms with E-state index in [-0.39, 0.29) is 12.2 Å². The lowest BCUT2D eigenvalue weighted by Gasteiger charge is -2.26. The number of carbonyl (C=O) groups excluding carboxylic acids is 1. The number of rotatable bonds is 7. The molecule has 118 valence electrons. The van der Waals surface area contributed by atoms with Crippen LogP contribution in [0.25, 0.3) is 10.9 Å². The number of carboxylic acid groups (broad SMARTS) is 1. The fraction of sp³-hybridized carbons (Fsp3) is 0.286. The van der Waals surface area contributed by atoms with Crippen LogP contribution in [0.1, 0.15) is 0 Å². The minimum Gasteiger partial charge on any atom is -0.479 e. The number of aliphatic hydroxyl groups excluding tert-OH is 3. The van der Waals surface area contributed by atoms with Gasteiger partial charge in [-0.1, -0.05) is 18.2 Å². The average molecular weight is 309 g/mol. The number of carboxylic acids is 1. The first-order valence-electron chi connectivity index (χ1n) is 6.40. The molecule has 0 spiro atoms. The number of aliphatic hydroxyl groups is 3. The van der Waals surface area contributed by atoms with Gasteiger partial charge in [0.15, 0.2) is 24.4 Å². The number of hydrogen-bond donors (Lipinski definition) is 5. The highest BCUT2D eigenvalue weighted by molar-refractivity contribution is 5.81. The molecule has 0 aliphatic rings. The number of benzene rings is 1. The second kappa shape index (κ2) is 6.56. The predicted octanol–water partition coefficient (Wildman–Crippen LogP) is -0.719. The fourth-order valence-corrected chi connectivity index (χ4v) is 2.00. The predicted molar refractivity (Wildman–Crippen MR) is 74.4 cm³/mol. The molecule has 0 fully saturated rings. The van der Waals surface area contributed by atoms with Gasteiger partial charge in [-0.3, -0.25) is 0 Å². The van der Waals surface area contributed by atoms with Crippen LogP contribution in [0, 0.1) is 0 Å². The maximum atomic E-state index is 10.7. The van der Waals surface area contributed by atoms with E-state index < -0.39 is 30.4 Å². The third-order valence-corrected chi connectivity index (χ3v) is 3.16. The summed E-state index contributed by atoms with van der Waals surface area (Å²) in [5, 5.41) is 38.2. The normalized spacial score (nSPS) is 16.7. The number of para-hydroxylation sites is 1. The van der Waals surface area contributed by atoms with E-state index in [1.54, 1.807) is 30.3 Å². The minimum atomic E-state index is -2.20. The zero-order valence-corrected chi connectivity index (χ0v) is 11.3. The summed E-state index contributed by atoms with van der Waals surface area (Å²) in [4.78, 5) is 24.3. The average Bonchev–Trinajstić information content (AvgIpc) is 2.92. The SMILES string of the molecule is O=C[C@H](O)[C@@H](Oc1cc2ccccc2[nH]1)[C@H](O)[C@H](O)C(=O)O. The van der Waals surface area contributed by atoms with E-state index >= 15 is 0 Å². The lowest BCUT2D eigenvalue weighted by molar-refractivity contribution is -0.161. The Balaban J connectivity index is 2.25. The van der Waals surface area contributed by atoms with Gasteiger partial charge in [0.1, 0.15) is 12.2 Å². The molecule has 22 heavy (non-hydrogen) atoms. The number of H-pyrrole nitrogens is 1. The molecule has 1 heterocycles. The van der Waals surface area contributed by atoms with Crippen LogP contribution in [0.3, 0.4) is 0 Å². The second-order valence-corrected chi connectivity index (χ2v) is 4.70. The highest BCUT2D eigenvalue weighted by Crippen LogP contribution is 2.22. The number of aromatic amines is 1. The first-order valence-corrected chi connectivity index (χ1v) is 6.40. The van der Waals surface area contributed by atoms with E-state index in [0.717, 1.165) is 5.39 Å². The van der Waals surface area contributed by atoms with Gasteiger partial charge in [-0.15, -0.1) is 0 Å². The summed E-state index contributed by atoms with van der Waals surface area (Å²) in [5.41, 5.74) is 0.713. The van der Waals surface area contributed by atoms with Crippen molar-refractivity contribution in [2.24, 2.45) is 0 Å². The Kier molecular flexibility index (Phi) is 4.76. The number of carbonyl (C=O) groups is 2. The standard InChI is InChI=1S/C14H15NO7/c16-6-9(17)13(11(18)12(19)14(20)21)22-10-5-7-3-1-2-4-8(7)15-10/h1-6,9,11-13,15,17-19H,(H,20,21)/t9-,11+,12-,13+/m0/s1. The van der Waals surface area contributed by atoms with Crippen molar-refractivity contribution >= 4 is 23.2 Å². The van der Waals surface area contributed by atoms with E-state index in [2.05, 4.69) is 4.98 Å². The molecule has 0 unspecified atom stereocenters. The van der Waals surface area contributed by atoms with Crippen molar-refractivity contribution < 1.29 is 34.8 Å². The quantitative estimate of drug-likeness (QED) is 0.425. The Labute approximate surface area is 124 Å². The molecule has 8 heteroatoms. The van der Waals surface area contributed by atoms with Gasteiger partial charge in [-0.2, -0.15) is 0 Å². The van der Waals surface area contributed by atoms with Gasteiger partial charge in [0.25, 0.3) is 0 Å². The molecule has 0 saturated heterocycles. The summed E-state index contributed by atoms with van der Waals surface area (Å²) >= 11 is 0. The number of aromatic nitrogens is 1. The number of hydrogen-bond acceptors (Lipinski definition) is 6. The Hall–Kier alpha value is -2.42. The van der Waals surface area contributed by atoms with Crippen molar-refractivity contribution in [2.45, 2.75) is 24.4 Å². The van der Waals surface area contributed by atoms with Crippen molar-refractivity contribution in [3.63, 3.8) is 0 Å². The Morgan fingerprint density at radius 2 is 1.91 bits per heavy atom. The van der Waals surface area contributed by atoms with Crippen LogP contribution in [0.5, 0.6) is 5.88 Å². The molecule has 0 saturated carbocycles. The van der Waals surface area contributed by atoms with Crippen LogP contribution in [0.15, 0.2) is 30.3 Å². The number of aliphatic carboxylic acids is 1. The van der Waals surface area contributed by atoms with E-state index in [9.17, 15) is 24.9 Å².